The van der Waals surface area contributed by atoms with Crippen molar-refractivity contribution in [3.63, 3.8) is 0 Å². The third-order valence-electron chi connectivity index (χ3n) is 4.62. The zero-order chi connectivity index (χ0) is 26.1. The minimum absolute atomic E-state index is 0.0830. The highest BCUT2D eigenvalue weighted by Crippen LogP contribution is 2.33. The number of hydrogen-bond acceptors (Lipinski definition) is 8. The second-order valence-electron chi connectivity index (χ2n) is 7.21. The van der Waals surface area contributed by atoms with Crippen molar-refractivity contribution in [2.75, 3.05) is 18.5 Å². The fourth-order valence-corrected chi connectivity index (χ4v) is 4.84. The topological polar surface area (TPSA) is 123 Å². The van der Waals surface area contributed by atoms with Gasteiger partial charge in [-0.05, 0) is 46.4 Å². The highest BCUT2D eigenvalue weighted by atomic mass is 127. The number of amides is 1. The molecule has 1 heterocycles. The molecule has 0 atom stereocenters. The molecule has 0 fully saturated rings. The fourth-order valence-electron chi connectivity index (χ4n) is 2.95. The number of phenols is 1. The molecule has 12 heteroatoms. The van der Waals surface area contributed by atoms with E-state index in [1.165, 1.54) is 24.3 Å². The molecule has 2 N–H and O–H groups in total. The predicted molar refractivity (Wildman–Crippen MR) is 150 cm³/mol. The molecule has 0 aromatic heterocycles. The number of aromatic hydroxyl groups is 1. The molecule has 2 aromatic rings. The number of nitro benzene ring substituents is 1. The number of anilines is 1. The number of halogens is 2. The van der Waals surface area contributed by atoms with Crippen molar-refractivity contribution in [1.29, 1.82) is 0 Å². The monoisotopic (exact) mass is 641 g/mol. The molecule has 2 aromatic carbocycles. The molecule has 0 saturated carbocycles. The van der Waals surface area contributed by atoms with Gasteiger partial charge in [0.1, 0.15) is 12.4 Å². The van der Waals surface area contributed by atoms with Gasteiger partial charge in [-0.25, -0.2) is 4.79 Å². The van der Waals surface area contributed by atoms with Crippen LogP contribution in [0.25, 0.3) is 0 Å². The minimum atomic E-state index is -0.779. The molecule has 1 amide bonds. The first-order valence-electron chi connectivity index (χ1n) is 10.5. The molecule has 3 rings (SSSR count). The number of carbonyl (C=O) groups is 1. The summed E-state index contributed by atoms with van der Waals surface area (Å²) < 4.78 is 11.3. The SMILES string of the molecule is C=C/C=C\C=C1/CN=C(CCOc2ccc(COC(=O)Nc3cc(Cl)c(O)c(I)c3)cc2[N+](=O)[O-])S1. The molecular formula is C24H21ClIN3O6S. The number of benzene rings is 2. The molecule has 1 aliphatic rings. The molecule has 0 spiro atoms. The Kier molecular flexibility index (Phi) is 10.2. The van der Waals surface area contributed by atoms with Crippen LogP contribution in [0.3, 0.4) is 0 Å². The third-order valence-corrected chi connectivity index (χ3v) is 6.82. The summed E-state index contributed by atoms with van der Waals surface area (Å²) in [6, 6.07) is 7.27. The summed E-state index contributed by atoms with van der Waals surface area (Å²) in [5, 5.41) is 24.7. The van der Waals surface area contributed by atoms with E-state index in [1.807, 2.05) is 40.8 Å². The van der Waals surface area contributed by atoms with Crippen LogP contribution >= 0.6 is 46.0 Å². The molecule has 188 valence electrons. The summed E-state index contributed by atoms with van der Waals surface area (Å²) in [5.74, 6) is 0.0360. The summed E-state index contributed by atoms with van der Waals surface area (Å²) in [7, 11) is 0. The first-order valence-corrected chi connectivity index (χ1v) is 12.8. The van der Waals surface area contributed by atoms with Gasteiger partial charge in [0.15, 0.2) is 5.75 Å². The van der Waals surface area contributed by atoms with Gasteiger partial charge in [-0.3, -0.25) is 20.4 Å². The lowest BCUT2D eigenvalue weighted by molar-refractivity contribution is -0.385. The number of allylic oxidation sites excluding steroid dienone is 4. The van der Waals surface area contributed by atoms with E-state index < -0.39 is 11.0 Å². The van der Waals surface area contributed by atoms with E-state index in [9.17, 15) is 20.0 Å². The minimum Gasteiger partial charge on any atom is -0.505 e. The number of nitrogens with zero attached hydrogens (tertiary/aromatic N) is 2. The molecule has 0 bridgehead atoms. The Balaban J connectivity index is 1.53. The van der Waals surface area contributed by atoms with Crippen LogP contribution in [0, 0.1) is 13.7 Å². The van der Waals surface area contributed by atoms with Gasteiger partial charge in [-0.1, -0.05) is 60.3 Å². The zero-order valence-electron chi connectivity index (χ0n) is 18.8. The standard InChI is InChI=1S/C24H21ClIN3O6S/c1-2-3-4-5-17-13-27-22(36-17)8-9-34-21-7-6-15(10-20(21)29(32)33)14-35-24(31)28-16-11-18(25)23(30)19(26)12-16/h2-7,10-12,30H,1,8-9,13-14H2,(H,28,31)/b4-3-,17-5+. The van der Waals surface area contributed by atoms with Gasteiger partial charge in [0.2, 0.25) is 0 Å². The Morgan fingerprint density at radius 3 is 2.89 bits per heavy atom. The van der Waals surface area contributed by atoms with Gasteiger partial charge in [0, 0.05) is 23.1 Å². The zero-order valence-corrected chi connectivity index (χ0v) is 22.5. The van der Waals surface area contributed by atoms with E-state index in [-0.39, 0.29) is 35.4 Å². The quantitative estimate of drug-likeness (QED) is 0.0957. The van der Waals surface area contributed by atoms with Crippen molar-refractivity contribution >= 4 is 68.5 Å². The molecule has 0 unspecified atom stereocenters. The largest absolute Gasteiger partial charge is 0.505 e. The number of thioether (sulfide) groups is 1. The van der Waals surface area contributed by atoms with E-state index in [4.69, 9.17) is 21.1 Å². The lowest BCUT2D eigenvalue weighted by Gasteiger charge is -2.10. The fraction of sp³-hybridized carbons (Fsp3) is 0.167. The second-order valence-corrected chi connectivity index (χ2v) is 9.98. The van der Waals surface area contributed by atoms with Crippen molar-refractivity contribution in [3.8, 4) is 11.5 Å². The number of aliphatic imine (C=N–C) groups is 1. The second kappa shape index (κ2) is 13.3. The lowest BCUT2D eigenvalue weighted by Crippen LogP contribution is -2.13. The maximum atomic E-state index is 12.1. The smallest absolute Gasteiger partial charge is 0.411 e. The summed E-state index contributed by atoms with van der Waals surface area (Å²) in [6.45, 7) is 4.26. The van der Waals surface area contributed by atoms with Gasteiger partial charge in [-0.2, -0.15) is 0 Å². The van der Waals surface area contributed by atoms with Crippen LogP contribution in [0.5, 0.6) is 11.5 Å². The van der Waals surface area contributed by atoms with Crippen molar-refractivity contribution in [3.05, 3.63) is 90.4 Å². The molecule has 0 saturated heterocycles. The van der Waals surface area contributed by atoms with E-state index in [0.29, 0.717) is 27.8 Å². The summed E-state index contributed by atoms with van der Waals surface area (Å²) in [4.78, 5) is 28.7. The number of hydrogen-bond donors (Lipinski definition) is 2. The highest BCUT2D eigenvalue weighted by Gasteiger charge is 2.18. The van der Waals surface area contributed by atoms with Crippen LogP contribution in [0.2, 0.25) is 5.02 Å². The predicted octanol–water partition coefficient (Wildman–Crippen LogP) is 6.85. The molecule has 36 heavy (non-hydrogen) atoms. The average Bonchev–Trinajstić information content (AvgIpc) is 3.29. The van der Waals surface area contributed by atoms with Crippen molar-refractivity contribution in [2.24, 2.45) is 4.99 Å². The van der Waals surface area contributed by atoms with Crippen molar-refractivity contribution in [2.45, 2.75) is 13.0 Å². The van der Waals surface area contributed by atoms with Crippen LogP contribution in [-0.2, 0) is 11.3 Å². The molecule has 9 nitrogen and oxygen atoms in total. The Bertz CT molecular complexity index is 1240. The normalized spacial score (nSPS) is 14.1. The number of phenolic OH excluding ortho intramolecular Hbond substituents is 1. The van der Waals surface area contributed by atoms with Crippen LogP contribution in [-0.4, -0.2) is 34.3 Å². The third kappa shape index (κ3) is 8.00. The van der Waals surface area contributed by atoms with Crippen LogP contribution in [0.15, 0.2) is 71.1 Å². The Morgan fingerprint density at radius 2 is 2.17 bits per heavy atom. The maximum Gasteiger partial charge on any atom is 0.411 e. The number of nitrogens with one attached hydrogen (secondary N) is 1. The molecular weight excluding hydrogens is 621 g/mol. The van der Waals surface area contributed by atoms with Gasteiger partial charge < -0.3 is 14.6 Å². The van der Waals surface area contributed by atoms with Crippen molar-refractivity contribution in [1.82, 2.24) is 0 Å². The molecule has 0 radical (unpaired) electrons. The number of carbonyl (C=O) groups excluding carboxylic acids is 1. The first kappa shape index (κ1) is 27.6. The summed E-state index contributed by atoms with van der Waals surface area (Å²) in [5.41, 5.74) is 0.524. The average molecular weight is 642 g/mol. The van der Waals surface area contributed by atoms with Crippen LogP contribution < -0.4 is 10.1 Å². The van der Waals surface area contributed by atoms with E-state index >= 15 is 0 Å². The molecule has 1 aliphatic heterocycles. The Hall–Kier alpha value is -3.03. The van der Waals surface area contributed by atoms with Gasteiger partial charge in [0.25, 0.3) is 0 Å². The number of rotatable bonds is 10. The van der Waals surface area contributed by atoms with Gasteiger partial charge in [0.05, 0.1) is 31.7 Å². The van der Waals surface area contributed by atoms with Crippen molar-refractivity contribution < 1.29 is 24.3 Å². The van der Waals surface area contributed by atoms with Crippen LogP contribution in [0.4, 0.5) is 16.2 Å². The molecule has 0 aliphatic carbocycles. The van der Waals surface area contributed by atoms with E-state index in [2.05, 4.69) is 16.9 Å². The van der Waals surface area contributed by atoms with E-state index in [0.717, 1.165) is 9.95 Å². The summed E-state index contributed by atoms with van der Waals surface area (Å²) >= 11 is 9.34. The number of ether oxygens (including phenoxy) is 2. The van der Waals surface area contributed by atoms with Gasteiger partial charge in [-0.15, -0.1) is 0 Å². The maximum absolute atomic E-state index is 12.1. The first-order chi connectivity index (χ1) is 17.3. The van der Waals surface area contributed by atoms with Crippen LogP contribution in [0.1, 0.15) is 12.0 Å². The number of nitro groups is 1. The Labute approximate surface area is 230 Å². The highest BCUT2D eigenvalue weighted by molar-refractivity contribution is 14.1. The lowest BCUT2D eigenvalue weighted by atomic mass is 10.2. The van der Waals surface area contributed by atoms with Gasteiger partial charge >= 0.3 is 11.8 Å². The van der Waals surface area contributed by atoms with E-state index in [1.54, 1.807) is 23.9 Å². The Morgan fingerprint density at radius 1 is 1.36 bits per heavy atom. The summed E-state index contributed by atoms with van der Waals surface area (Å²) in [6.07, 6.45) is 7.14.